The van der Waals surface area contributed by atoms with Crippen molar-refractivity contribution >= 4 is 28.1 Å². The zero-order chi connectivity index (χ0) is 22.3. The number of carbonyl (C=O) groups is 1. The molecule has 0 saturated heterocycles. The highest BCUT2D eigenvalue weighted by atomic mass is 32.1. The van der Waals surface area contributed by atoms with Gasteiger partial charge in [-0.25, -0.2) is 4.98 Å². The van der Waals surface area contributed by atoms with Gasteiger partial charge in [-0.15, -0.1) is 11.3 Å². The lowest BCUT2D eigenvalue weighted by atomic mass is 9.99. The molecule has 0 bridgehead atoms. The molecule has 1 amide bonds. The number of pyridine rings is 1. The van der Waals surface area contributed by atoms with E-state index in [1.54, 1.807) is 29.7 Å². The van der Waals surface area contributed by atoms with Gasteiger partial charge in [-0.05, 0) is 61.4 Å². The zero-order valence-electron chi connectivity index (χ0n) is 18.0. The second-order valence-corrected chi connectivity index (χ2v) is 8.21. The van der Waals surface area contributed by atoms with Crippen molar-refractivity contribution in [3.8, 4) is 5.75 Å². The SMILES string of the molecule is CCOc1ccc([C@H](Nc2ccccn2)c2cc(CC)sc2NC(=O)c2ccco2)cc1. The number of nitrogens with one attached hydrogen (secondary N) is 2. The monoisotopic (exact) mass is 447 g/mol. The molecule has 0 fully saturated rings. The number of aryl methyl sites for hydroxylation is 1. The maximum atomic E-state index is 12.7. The molecule has 32 heavy (non-hydrogen) atoms. The van der Waals surface area contributed by atoms with E-state index in [0.29, 0.717) is 6.61 Å². The topological polar surface area (TPSA) is 76.4 Å². The van der Waals surface area contributed by atoms with E-state index in [9.17, 15) is 4.79 Å². The summed E-state index contributed by atoms with van der Waals surface area (Å²) in [6.07, 6.45) is 4.11. The smallest absolute Gasteiger partial charge is 0.291 e. The summed E-state index contributed by atoms with van der Waals surface area (Å²) >= 11 is 1.57. The number of amides is 1. The van der Waals surface area contributed by atoms with Crippen LogP contribution in [-0.4, -0.2) is 17.5 Å². The lowest BCUT2D eigenvalue weighted by Gasteiger charge is -2.21. The van der Waals surface area contributed by atoms with Gasteiger partial charge in [-0.3, -0.25) is 4.79 Å². The van der Waals surface area contributed by atoms with Gasteiger partial charge in [0.05, 0.1) is 18.9 Å². The Hall–Kier alpha value is -3.58. The molecule has 2 N–H and O–H groups in total. The Kier molecular flexibility index (Phi) is 6.87. The van der Waals surface area contributed by atoms with E-state index in [0.717, 1.165) is 34.1 Å². The Morgan fingerprint density at radius 3 is 2.62 bits per heavy atom. The van der Waals surface area contributed by atoms with Crippen LogP contribution in [0.3, 0.4) is 0 Å². The van der Waals surface area contributed by atoms with Gasteiger partial charge in [-0.1, -0.05) is 25.1 Å². The summed E-state index contributed by atoms with van der Waals surface area (Å²) < 4.78 is 10.9. The van der Waals surface area contributed by atoms with E-state index in [4.69, 9.17) is 9.15 Å². The van der Waals surface area contributed by atoms with Gasteiger partial charge >= 0.3 is 0 Å². The van der Waals surface area contributed by atoms with Gasteiger partial charge in [0.15, 0.2) is 5.76 Å². The highest BCUT2D eigenvalue weighted by molar-refractivity contribution is 7.16. The van der Waals surface area contributed by atoms with Gasteiger partial charge in [0.1, 0.15) is 16.6 Å². The minimum Gasteiger partial charge on any atom is -0.494 e. The first kappa shape index (κ1) is 21.6. The predicted molar refractivity (Wildman–Crippen MR) is 128 cm³/mol. The molecule has 164 valence electrons. The third-order valence-electron chi connectivity index (χ3n) is 4.92. The van der Waals surface area contributed by atoms with Crippen molar-refractivity contribution in [2.75, 3.05) is 17.2 Å². The number of benzene rings is 1. The molecule has 7 heteroatoms. The third-order valence-corrected chi connectivity index (χ3v) is 6.14. The number of carbonyl (C=O) groups excluding carboxylic acids is 1. The molecule has 3 aromatic heterocycles. The molecule has 3 heterocycles. The van der Waals surface area contributed by atoms with Crippen LogP contribution in [0, 0.1) is 0 Å². The van der Waals surface area contributed by atoms with Gasteiger partial charge in [-0.2, -0.15) is 0 Å². The third kappa shape index (κ3) is 5.00. The largest absolute Gasteiger partial charge is 0.494 e. The van der Waals surface area contributed by atoms with Gasteiger partial charge < -0.3 is 19.8 Å². The number of hydrogen-bond donors (Lipinski definition) is 2. The van der Waals surface area contributed by atoms with Crippen molar-refractivity contribution < 1.29 is 13.9 Å². The van der Waals surface area contributed by atoms with Crippen LogP contribution in [0.15, 0.2) is 77.5 Å². The van der Waals surface area contributed by atoms with Gasteiger partial charge in [0, 0.05) is 16.6 Å². The summed E-state index contributed by atoms with van der Waals surface area (Å²) in [5, 5.41) is 7.35. The maximum absolute atomic E-state index is 12.7. The number of hydrogen-bond acceptors (Lipinski definition) is 6. The molecule has 4 rings (SSSR count). The molecule has 1 aromatic carbocycles. The second kappa shape index (κ2) is 10.2. The van der Waals surface area contributed by atoms with Crippen LogP contribution in [-0.2, 0) is 6.42 Å². The average Bonchev–Trinajstić information content (AvgIpc) is 3.49. The fourth-order valence-corrected chi connectivity index (χ4v) is 4.41. The molecule has 0 aliphatic rings. The van der Waals surface area contributed by atoms with E-state index < -0.39 is 0 Å². The normalized spacial score (nSPS) is 11.7. The Balaban J connectivity index is 1.72. The van der Waals surface area contributed by atoms with E-state index in [-0.39, 0.29) is 17.7 Å². The molecular formula is C25H25N3O3S. The Bertz CT molecular complexity index is 1140. The molecule has 0 aliphatic heterocycles. The summed E-state index contributed by atoms with van der Waals surface area (Å²) in [4.78, 5) is 18.3. The average molecular weight is 448 g/mol. The molecule has 0 aliphatic carbocycles. The van der Waals surface area contributed by atoms with E-state index in [2.05, 4.69) is 28.6 Å². The van der Waals surface area contributed by atoms with Crippen LogP contribution in [0.4, 0.5) is 10.8 Å². The van der Waals surface area contributed by atoms with Crippen molar-refractivity contribution in [1.29, 1.82) is 0 Å². The molecule has 1 atom stereocenters. The molecule has 0 unspecified atom stereocenters. The van der Waals surface area contributed by atoms with Crippen LogP contribution < -0.4 is 15.4 Å². The number of rotatable bonds is 9. The van der Waals surface area contributed by atoms with Crippen LogP contribution in [0.1, 0.15) is 46.4 Å². The first-order valence-corrected chi connectivity index (χ1v) is 11.4. The summed E-state index contributed by atoms with van der Waals surface area (Å²) in [6, 6.07) is 19.0. The fraction of sp³-hybridized carbons (Fsp3) is 0.200. The zero-order valence-corrected chi connectivity index (χ0v) is 18.8. The highest BCUT2D eigenvalue weighted by Crippen LogP contribution is 2.38. The Morgan fingerprint density at radius 2 is 1.97 bits per heavy atom. The quantitative estimate of drug-likeness (QED) is 0.322. The first-order chi connectivity index (χ1) is 15.7. The van der Waals surface area contributed by atoms with E-state index in [1.165, 1.54) is 11.1 Å². The molecule has 4 aromatic rings. The van der Waals surface area contributed by atoms with E-state index in [1.807, 2.05) is 49.4 Å². The van der Waals surface area contributed by atoms with Crippen molar-refractivity contribution in [2.45, 2.75) is 26.3 Å². The molecule has 0 saturated carbocycles. The number of furan rings is 1. The Labute approximate surface area is 191 Å². The fourth-order valence-electron chi connectivity index (χ4n) is 3.38. The minimum absolute atomic E-state index is 0.218. The first-order valence-electron chi connectivity index (χ1n) is 10.6. The highest BCUT2D eigenvalue weighted by Gasteiger charge is 2.23. The number of anilines is 2. The summed E-state index contributed by atoms with van der Waals surface area (Å²) in [5.41, 5.74) is 2.01. The number of nitrogens with zero attached hydrogens (tertiary/aromatic N) is 1. The van der Waals surface area contributed by atoms with Crippen LogP contribution in [0.25, 0.3) is 0 Å². The van der Waals surface area contributed by atoms with Crippen LogP contribution in [0.5, 0.6) is 5.75 Å². The van der Waals surface area contributed by atoms with Crippen molar-refractivity contribution in [3.05, 3.63) is 94.9 Å². The predicted octanol–water partition coefficient (Wildman–Crippen LogP) is 6.15. The van der Waals surface area contributed by atoms with Gasteiger partial charge in [0.2, 0.25) is 0 Å². The summed E-state index contributed by atoms with van der Waals surface area (Å²) in [7, 11) is 0. The minimum atomic E-state index is -0.274. The summed E-state index contributed by atoms with van der Waals surface area (Å²) in [5.74, 6) is 1.57. The second-order valence-electron chi connectivity index (χ2n) is 7.08. The lowest BCUT2D eigenvalue weighted by Crippen LogP contribution is -2.16. The molecule has 6 nitrogen and oxygen atoms in total. The number of ether oxygens (including phenoxy) is 1. The van der Waals surface area contributed by atoms with Crippen molar-refractivity contribution in [1.82, 2.24) is 4.98 Å². The summed E-state index contributed by atoms with van der Waals surface area (Å²) in [6.45, 7) is 4.68. The Morgan fingerprint density at radius 1 is 1.12 bits per heavy atom. The van der Waals surface area contributed by atoms with Crippen LogP contribution in [0.2, 0.25) is 0 Å². The molecular weight excluding hydrogens is 422 g/mol. The van der Waals surface area contributed by atoms with Gasteiger partial charge in [0.25, 0.3) is 5.91 Å². The van der Waals surface area contributed by atoms with Crippen LogP contribution >= 0.6 is 11.3 Å². The number of aromatic nitrogens is 1. The molecule has 0 radical (unpaired) electrons. The lowest BCUT2D eigenvalue weighted by molar-refractivity contribution is 0.0997. The standard InChI is InChI=1S/C25H25N3O3S/c1-3-19-16-20(25(32-19)28-24(29)21-8-7-15-31-21)23(27-22-9-5-6-14-26-22)17-10-12-18(13-11-17)30-4-2/h5-16,23H,3-4H2,1-2H3,(H,26,27)(H,28,29)/t23-/m0/s1. The molecule has 0 spiro atoms. The van der Waals surface area contributed by atoms with Crippen molar-refractivity contribution in [3.63, 3.8) is 0 Å². The van der Waals surface area contributed by atoms with E-state index >= 15 is 0 Å². The van der Waals surface area contributed by atoms with Crippen molar-refractivity contribution in [2.24, 2.45) is 0 Å². The number of thiophene rings is 1. The maximum Gasteiger partial charge on any atom is 0.291 e.